The molecule has 0 saturated carbocycles. The van der Waals surface area contributed by atoms with Crippen molar-refractivity contribution in [3.8, 4) is 0 Å². The molecule has 1 aliphatic rings. The zero-order valence-corrected chi connectivity index (χ0v) is 15.4. The molecular weight excluding hydrogens is 320 g/mol. The molecule has 6 heteroatoms. The van der Waals surface area contributed by atoms with Gasteiger partial charge in [0, 0.05) is 37.1 Å². The molecule has 0 saturated heterocycles. The second kappa shape index (κ2) is 7.97. The van der Waals surface area contributed by atoms with Gasteiger partial charge in [-0.05, 0) is 30.2 Å². The Morgan fingerprint density at radius 2 is 2.08 bits per heavy atom. The Morgan fingerprint density at radius 3 is 2.68 bits per heavy atom. The maximum atomic E-state index is 11.6. The summed E-state index contributed by atoms with van der Waals surface area (Å²) in [5.74, 6) is -0.645. The lowest BCUT2D eigenvalue weighted by Crippen LogP contribution is -2.57. The number of hydrogen-bond acceptors (Lipinski definition) is 5. The van der Waals surface area contributed by atoms with Crippen molar-refractivity contribution in [3.63, 3.8) is 0 Å². The Morgan fingerprint density at radius 1 is 1.36 bits per heavy atom. The van der Waals surface area contributed by atoms with Crippen LogP contribution >= 0.6 is 0 Å². The van der Waals surface area contributed by atoms with Crippen LogP contribution in [0.1, 0.15) is 48.7 Å². The molecule has 3 N–H and O–H groups in total. The number of nitrogens with one attached hydrogen (secondary N) is 1. The van der Waals surface area contributed by atoms with Crippen LogP contribution in [0.3, 0.4) is 0 Å². The van der Waals surface area contributed by atoms with E-state index in [1.54, 1.807) is 20.1 Å². The van der Waals surface area contributed by atoms with Crippen LogP contribution in [-0.4, -0.2) is 44.3 Å². The topological polar surface area (TPSA) is 90.7 Å². The molecular formula is C19H28N2O4. The van der Waals surface area contributed by atoms with Gasteiger partial charge < -0.3 is 20.5 Å². The second-order valence-electron chi connectivity index (χ2n) is 6.92. The van der Waals surface area contributed by atoms with Crippen LogP contribution in [-0.2, 0) is 26.1 Å². The van der Waals surface area contributed by atoms with E-state index < -0.39 is 5.91 Å². The van der Waals surface area contributed by atoms with Crippen LogP contribution in [0.25, 0.3) is 0 Å². The largest absolute Gasteiger partial charge is 0.466 e. The van der Waals surface area contributed by atoms with Crippen LogP contribution in [0.15, 0.2) is 18.2 Å². The van der Waals surface area contributed by atoms with Crippen molar-refractivity contribution in [1.29, 1.82) is 0 Å². The quantitative estimate of drug-likeness (QED) is 0.730. The third-order valence-electron chi connectivity index (χ3n) is 4.96. The maximum absolute atomic E-state index is 11.6. The van der Waals surface area contributed by atoms with Gasteiger partial charge in [-0.3, -0.25) is 9.59 Å². The SMILES string of the molecule is CCOC(=O)CCN[C@@H]1[C@@H](OC)Cc2ccc(C(N)=O)cc2C1(C)C. The Bertz CT molecular complexity index is 642. The van der Waals surface area contributed by atoms with Gasteiger partial charge in [0.15, 0.2) is 0 Å². The highest BCUT2D eigenvalue weighted by Crippen LogP contribution is 2.38. The number of hydrogen-bond donors (Lipinski definition) is 2. The average Bonchev–Trinajstić information content (AvgIpc) is 2.56. The van der Waals surface area contributed by atoms with Gasteiger partial charge in [0.25, 0.3) is 0 Å². The molecule has 25 heavy (non-hydrogen) atoms. The van der Waals surface area contributed by atoms with Crippen molar-refractivity contribution in [2.45, 2.75) is 51.2 Å². The van der Waals surface area contributed by atoms with E-state index in [0.717, 1.165) is 17.5 Å². The van der Waals surface area contributed by atoms with Crippen LogP contribution in [0.2, 0.25) is 0 Å². The first-order valence-corrected chi connectivity index (χ1v) is 8.66. The lowest BCUT2D eigenvalue weighted by atomic mass is 9.67. The molecule has 6 nitrogen and oxygen atoms in total. The van der Waals surface area contributed by atoms with E-state index in [4.69, 9.17) is 15.2 Å². The van der Waals surface area contributed by atoms with E-state index in [2.05, 4.69) is 19.2 Å². The summed E-state index contributed by atoms with van der Waals surface area (Å²) in [5.41, 5.74) is 7.91. The highest BCUT2D eigenvalue weighted by atomic mass is 16.5. The van der Waals surface area contributed by atoms with Crippen LogP contribution < -0.4 is 11.1 Å². The van der Waals surface area contributed by atoms with Crippen molar-refractivity contribution in [3.05, 3.63) is 34.9 Å². The molecule has 0 spiro atoms. The summed E-state index contributed by atoms with van der Waals surface area (Å²) < 4.78 is 10.7. The first-order chi connectivity index (χ1) is 11.8. The number of carbonyl (C=O) groups is 2. The number of ether oxygens (including phenoxy) is 2. The van der Waals surface area contributed by atoms with Crippen LogP contribution in [0, 0.1) is 0 Å². The molecule has 2 atom stereocenters. The van der Waals surface area contributed by atoms with Gasteiger partial charge in [-0.2, -0.15) is 0 Å². The summed E-state index contributed by atoms with van der Waals surface area (Å²) >= 11 is 0. The number of benzene rings is 1. The Kier molecular flexibility index (Phi) is 6.19. The Hall–Kier alpha value is -1.92. The highest BCUT2D eigenvalue weighted by Gasteiger charge is 2.42. The fourth-order valence-corrected chi connectivity index (χ4v) is 3.64. The monoisotopic (exact) mass is 348 g/mol. The third-order valence-corrected chi connectivity index (χ3v) is 4.96. The summed E-state index contributed by atoms with van der Waals surface area (Å²) in [6, 6.07) is 5.60. The summed E-state index contributed by atoms with van der Waals surface area (Å²) in [6.45, 7) is 6.92. The minimum absolute atomic E-state index is 0.00236. The number of rotatable bonds is 7. The predicted octanol–water partition coefficient (Wildman–Crippen LogP) is 1.55. The minimum Gasteiger partial charge on any atom is -0.466 e. The van der Waals surface area contributed by atoms with Gasteiger partial charge in [-0.15, -0.1) is 0 Å². The van der Waals surface area contributed by atoms with Crippen molar-refractivity contribution in [2.24, 2.45) is 5.73 Å². The van der Waals surface area contributed by atoms with E-state index in [1.807, 2.05) is 12.1 Å². The minimum atomic E-state index is -0.431. The zero-order valence-electron chi connectivity index (χ0n) is 15.4. The fraction of sp³-hybridized carbons (Fsp3) is 0.579. The molecule has 0 unspecified atom stereocenters. The molecule has 0 aliphatic heterocycles. The van der Waals surface area contributed by atoms with E-state index in [-0.39, 0.29) is 23.5 Å². The van der Waals surface area contributed by atoms with Gasteiger partial charge in [-0.25, -0.2) is 0 Å². The average molecular weight is 348 g/mol. The lowest BCUT2D eigenvalue weighted by molar-refractivity contribution is -0.143. The molecule has 1 aromatic carbocycles. The molecule has 1 amide bonds. The highest BCUT2D eigenvalue weighted by molar-refractivity contribution is 5.93. The molecule has 0 aromatic heterocycles. The van der Waals surface area contributed by atoms with Crippen molar-refractivity contribution >= 4 is 11.9 Å². The number of amides is 1. The number of fused-ring (bicyclic) bond motifs is 1. The summed E-state index contributed by atoms with van der Waals surface area (Å²) in [5, 5.41) is 3.45. The number of nitrogens with two attached hydrogens (primary N) is 1. The van der Waals surface area contributed by atoms with Crippen LogP contribution in [0.4, 0.5) is 0 Å². The van der Waals surface area contributed by atoms with Crippen molar-refractivity contribution < 1.29 is 19.1 Å². The maximum Gasteiger partial charge on any atom is 0.307 e. The normalized spacial score (nSPS) is 21.4. The number of carbonyl (C=O) groups excluding carboxylic acids is 2. The zero-order chi connectivity index (χ0) is 18.6. The molecule has 0 radical (unpaired) electrons. The van der Waals surface area contributed by atoms with Gasteiger partial charge in [0.05, 0.1) is 19.1 Å². The van der Waals surface area contributed by atoms with Crippen LogP contribution in [0.5, 0.6) is 0 Å². The van der Waals surface area contributed by atoms with Crippen molar-refractivity contribution in [2.75, 3.05) is 20.3 Å². The molecule has 0 bridgehead atoms. The van der Waals surface area contributed by atoms with E-state index >= 15 is 0 Å². The molecule has 0 fully saturated rings. The van der Waals surface area contributed by atoms with Crippen molar-refractivity contribution in [1.82, 2.24) is 5.32 Å². The Balaban J connectivity index is 2.23. The van der Waals surface area contributed by atoms with E-state index in [1.165, 1.54) is 0 Å². The predicted molar refractivity (Wildman–Crippen MR) is 95.5 cm³/mol. The smallest absolute Gasteiger partial charge is 0.307 e. The Labute approximate surface area is 149 Å². The standard InChI is InChI=1S/C19H28N2O4/c1-5-25-16(22)8-9-21-17-15(24-4)11-12-6-7-13(18(20)23)10-14(12)19(17,2)3/h6-7,10,15,17,21H,5,8-9,11H2,1-4H3,(H2,20,23)/t15-,17+/m0/s1. The molecule has 1 aromatic rings. The fourth-order valence-electron chi connectivity index (χ4n) is 3.64. The van der Waals surface area contributed by atoms with Gasteiger partial charge in [-0.1, -0.05) is 19.9 Å². The first-order valence-electron chi connectivity index (χ1n) is 8.66. The van der Waals surface area contributed by atoms with E-state index in [9.17, 15) is 9.59 Å². The summed E-state index contributed by atoms with van der Waals surface area (Å²) in [6.07, 6.45) is 1.03. The number of primary amides is 1. The molecule has 1 aliphatic carbocycles. The molecule has 0 heterocycles. The number of methoxy groups -OCH3 is 1. The van der Waals surface area contributed by atoms with Gasteiger partial charge in [0.1, 0.15) is 0 Å². The molecule has 2 rings (SSSR count). The summed E-state index contributed by atoms with van der Waals surface area (Å²) in [4.78, 5) is 23.1. The second-order valence-corrected chi connectivity index (χ2v) is 6.92. The van der Waals surface area contributed by atoms with E-state index in [0.29, 0.717) is 25.1 Å². The number of esters is 1. The van der Waals surface area contributed by atoms with Gasteiger partial charge >= 0.3 is 5.97 Å². The lowest BCUT2D eigenvalue weighted by Gasteiger charge is -2.45. The first kappa shape index (κ1) is 19.4. The summed E-state index contributed by atoms with van der Waals surface area (Å²) in [7, 11) is 1.70. The molecule has 138 valence electrons. The third kappa shape index (κ3) is 4.19. The van der Waals surface area contributed by atoms with Gasteiger partial charge in [0.2, 0.25) is 5.91 Å².